The van der Waals surface area contributed by atoms with E-state index in [0.717, 1.165) is 22.3 Å². The number of hydrogen-bond donors (Lipinski definition) is 2. The molecule has 0 aliphatic carbocycles. The maximum Gasteiger partial charge on any atom is 0.258 e. The van der Waals surface area contributed by atoms with Gasteiger partial charge in [0.1, 0.15) is 5.75 Å². The Kier molecular flexibility index (Phi) is 3.27. The van der Waals surface area contributed by atoms with Gasteiger partial charge in [0.25, 0.3) is 5.91 Å². The second-order valence-corrected chi connectivity index (χ2v) is 4.67. The summed E-state index contributed by atoms with van der Waals surface area (Å²) in [6.45, 7) is 1.87. The van der Waals surface area contributed by atoms with Gasteiger partial charge in [0.15, 0.2) is 5.82 Å². The van der Waals surface area contributed by atoms with E-state index in [2.05, 4.69) is 20.5 Å². The van der Waals surface area contributed by atoms with E-state index in [0.29, 0.717) is 11.4 Å². The molecular formula is C15H14N4O2. The molecule has 2 N–H and O–H groups in total. The number of aromatic nitrogens is 3. The minimum absolute atomic E-state index is 0.244. The number of carbonyl (C=O) groups is 1. The van der Waals surface area contributed by atoms with Crippen molar-refractivity contribution in [1.82, 2.24) is 15.2 Å². The molecule has 0 fully saturated rings. The van der Waals surface area contributed by atoms with Crippen LogP contribution in [0.3, 0.4) is 0 Å². The molecule has 2 aromatic heterocycles. The van der Waals surface area contributed by atoms with E-state index in [1.54, 1.807) is 19.2 Å². The molecule has 0 aliphatic heterocycles. The first-order chi connectivity index (χ1) is 10.2. The third kappa shape index (κ3) is 2.69. The first kappa shape index (κ1) is 13.1. The van der Waals surface area contributed by atoms with Crippen molar-refractivity contribution in [2.24, 2.45) is 0 Å². The fourth-order valence-electron chi connectivity index (χ4n) is 2.02. The van der Waals surface area contributed by atoms with E-state index in [1.807, 2.05) is 25.1 Å². The Morgan fingerprint density at radius 3 is 2.86 bits per heavy atom. The zero-order chi connectivity index (χ0) is 14.8. The van der Waals surface area contributed by atoms with Gasteiger partial charge in [-0.25, -0.2) is 0 Å². The number of pyridine rings is 1. The van der Waals surface area contributed by atoms with Crippen LogP contribution in [0.2, 0.25) is 0 Å². The number of nitrogens with zero attached hydrogens (tertiary/aromatic N) is 2. The summed E-state index contributed by atoms with van der Waals surface area (Å²) in [5.74, 6) is 0.984. The molecule has 1 aromatic carbocycles. The average Bonchev–Trinajstić information content (AvgIpc) is 2.91. The number of ether oxygens (including phenoxy) is 1. The number of nitrogens with one attached hydrogen (secondary N) is 2. The van der Waals surface area contributed by atoms with E-state index in [4.69, 9.17) is 4.74 Å². The van der Waals surface area contributed by atoms with Crippen LogP contribution in [-0.4, -0.2) is 28.2 Å². The summed E-state index contributed by atoms with van der Waals surface area (Å²) in [6, 6.07) is 9.08. The van der Waals surface area contributed by atoms with Gasteiger partial charge < -0.3 is 10.1 Å². The highest BCUT2D eigenvalue weighted by atomic mass is 16.5. The highest BCUT2D eigenvalue weighted by Crippen LogP contribution is 2.20. The lowest BCUT2D eigenvalue weighted by Gasteiger charge is -2.05. The summed E-state index contributed by atoms with van der Waals surface area (Å²) >= 11 is 0. The Hall–Kier alpha value is -2.89. The lowest BCUT2D eigenvalue weighted by Crippen LogP contribution is -2.12. The summed E-state index contributed by atoms with van der Waals surface area (Å²) < 4.78 is 5.15. The predicted molar refractivity (Wildman–Crippen MR) is 79.6 cm³/mol. The van der Waals surface area contributed by atoms with Crippen LogP contribution in [0, 0.1) is 6.92 Å². The zero-order valence-electron chi connectivity index (χ0n) is 11.7. The van der Waals surface area contributed by atoms with Crippen molar-refractivity contribution in [2.45, 2.75) is 6.92 Å². The molecule has 21 heavy (non-hydrogen) atoms. The molecule has 0 saturated heterocycles. The summed E-state index contributed by atoms with van der Waals surface area (Å²) in [4.78, 5) is 16.4. The van der Waals surface area contributed by atoms with Gasteiger partial charge in [-0.15, -0.1) is 0 Å². The molecule has 0 unspecified atom stereocenters. The maximum atomic E-state index is 12.2. The normalized spacial score (nSPS) is 10.6. The number of anilines is 1. The molecule has 106 valence electrons. The van der Waals surface area contributed by atoms with Crippen LogP contribution in [0.5, 0.6) is 5.75 Å². The molecule has 0 radical (unpaired) electrons. The summed E-state index contributed by atoms with van der Waals surface area (Å²) in [6.07, 6.45) is 1.54. The number of H-pyrrole nitrogens is 1. The molecule has 0 aliphatic rings. The minimum atomic E-state index is -0.244. The minimum Gasteiger partial charge on any atom is -0.497 e. The highest BCUT2D eigenvalue weighted by molar-refractivity contribution is 6.05. The van der Waals surface area contributed by atoms with Gasteiger partial charge in [-0.3, -0.25) is 14.9 Å². The number of methoxy groups -OCH3 is 1. The molecule has 6 heteroatoms. The molecule has 0 atom stereocenters. The molecule has 1 amide bonds. The highest BCUT2D eigenvalue weighted by Gasteiger charge is 2.09. The van der Waals surface area contributed by atoms with Crippen molar-refractivity contribution in [1.29, 1.82) is 0 Å². The first-order valence-corrected chi connectivity index (χ1v) is 6.43. The van der Waals surface area contributed by atoms with Gasteiger partial charge in [-0.05, 0) is 25.1 Å². The second-order valence-electron chi connectivity index (χ2n) is 4.67. The molecule has 3 aromatic rings. The third-order valence-electron chi connectivity index (χ3n) is 3.10. The summed E-state index contributed by atoms with van der Waals surface area (Å²) in [7, 11) is 1.61. The number of amides is 1. The van der Waals surface area contributed by atoms with E-state index >= 15 is 0 Å². The fourth-order valence-corrected chi connectivity index (χ4v) is 2.02. The molecule has 0 spiro atoms. The Labute approximate surface area is 121 Å². The zero-order valence-corrected chi connectivity index (χ0v) is 11.7. The van der Waals surface area contributed by atoms with Crippen molar-refractivity contribution in [3.05, 3.63) is 47.8 Å². The van der Waals surface area contributed by atoms with Crippen molar-refractivity contribution >= 4 is 22.6 Å². The predicted octanol–water partition coefficient (Wildman–Crippen LogP) is 2.53. The largest absolute Gasteiger partial charge is 0.497 e. The van der Waals surface area contributed by atoms with Crippen LogP contribution in [0.4, 0.5) is 5.82 Å². The number of carbonyl (C=O) groups excluding carboxylic acids is 1. The van der Waals surface area contributed by atoms with Gasteiger partial charge >= 0.3 is 0 Å². The van der Waals surface area contributed by atoms with Crippen LogP contribution < -0.4 is 10.1 Å². The van der Waals surface area contributed by atoms with Gasteiger partial charge in [-0.2, -0.15) is 5.10 Å². The summed E-state index contributed by atoms with van der Waals surface area (Å²) in [5, 5.41) is 10.3. The number of rotatable bonds is 3. The average molecular weight is 282 g/mol. The smallest absolute Gasteiger partial charge is 0.258 e. The first-order valence-electron chi connectivity index (χ1n) is 6.43. The van der Waals surface area contributed by atoms with Gasteiger partial charge in [0, 0.05) is 29.4 Å². The number of benzene rings is 1. The van der Waals surface area contributed by atoms with Crippen molar-refractivity contribution in [3.8, 4) is 5.75 Å². The number of fused-ring (bicyclic) bond motifs is 1. The Morgan fingerprint density at radius 2 is 2.14 bits per heavy atom. The lowest BCUT2D eigenvalue weighted by atomic mass is 10.1. The Balaban J connectivity index is 1.88. The third-order valence-corrected chi connectivity index (χ3v) is 3.10. The monoisotopic (exact) mass is 282 g/mol. The number of aromatic amines is 1. The van der Waals surface area contributed by atoms with Crippen LogP contribution in [0.1, 0.15) is 16.1 Å². The van der Waals surface area contributed by atoms with Crippen molar-refractivity contribution < 1.29 is 9.53 Å². The van der Waals surface area contributed by atoms with Gasteiger partial charge in [0.2, 0.25) is 0 Å². The molecule has 6 nitrogen and oxygen atoms in total. The Bertz CT molecular complexity index is 810. The van der Waals surface area contributed by atoms with E-state index in [-0.39, 0.29) is 5.91 Å². The molecule has 3 rings (SSSR count). The standard InChI is InChI=1S/C15H14N4O2/c1-9-5-14(19-18-9)17-15(20)11-6-10-3-4-12(21-2)7-13(10)16-8-11/h3-8H,1-2H3,(H2,17,18,19,20). The van der Waals surface area contributed by atoms with Crippen LogP contribution in [-0.2, 0) is 0 Å². The molecular weight excluding hydrogens is 268 g/mol. The number of aryl methyl sites for hydroxylation is 1. The quantitative estimate of drug-likeness (QED) is 0.773. The van der Waals surface area contributed by atoms with Crippen LogP contribution >= 0.6 is 0 Å². The van der Waals surface area contributed by atoms with Crippen molar-refractivity contribution in [3.63, 3.8) is 0 Å². The van der Waals surface area contributed by atoms with E-state index < -0.39 is 0 Å². The van der Waals surface area contributed by atoms with Crippen LogP contribution in [0.15, 0.2) is 36.5 Å². The topological polar surface area (TPSA) is 79.9 Å². The van der Waals surface area contributed by atoms with E-state index in [1.165, 1.54) is 6.20 Å². The molecule has 0 bridgehead atoms. The Morgan fingerprint density at radius 1 is 1.29 bits per heavy atom. The lowest BCUT2D eigenvalue weighted by molar-refractivity contribution is 0.102. The number of hydrogen-bond acceptors (Lipinski definition) is 4. The van der Waals surface area contributed by atoms with Crippen molar-refractivity contribution in [2.75, 3.05) is 12.4 Å². The maximum absolute atomic E-state index is 12.2. The molecule has 0 saturated carbocycles. The fraction of sp³-hybridized carbons (Fsp3) is 0.133. The molecule has 2 heterocycles. The SMILES string of the molecule is COc1ccc2cc(C(=O)Nc3cc(C)[nH]n3)cnc2c1. The van der Waals surface area contributed by atoms with Crippen LogP contribution in [0.25, 0.3) is 10.9 Å². The summed E-state index contributed by atoms with van der Waals surface area (Å²) in [5.41, 5.74) is 2.14. The second kappa shape index (κ2) is 5.24. The van der Waals surface area contributed by atoms with E-state index in [9.17, 15) is 4.79 Å². The van der Waals surface area contributed by atoms with Gasteiger partial charge in [0.05, 0.1) is 18.2 Å². The van der Waals surface area contributed by atoms with Gasteiger partial charge in [-0.1, -0.05) is 0 Å².